The molecule has 7 heteroatoms. The van der Waals surface area contributed by atoms with Gasteiger partial charge < -0.3 is 19.7 Å². The number of fused-ring (bicyclic) bond motifs is 1. The van der Waals surface area contributed by atoms with E-state index in [1.54, 1.807) is 17.0 Å². The van der Waals surface area contributed by atoms with Crippen LogP contribution in [0, 0.1) is 0 Å². The highest BCUT2D eigenvalue weighted by Crippen LogP contribution is 2.32. The summed E-state index contributed by atoms with van der Waals surface area (Å²) in [5.74, 6) is 1.05. The maximum atomic E-state index is 13.8. The van der Waals surface area contributed by atoms with Crippen LogP contribution in [0.5, 0.6) is 11.5 Å². The van der Waals surface area contributed by atoms with Gasteiger partial charge in [-0.1, -0.05) is 90.5 Å². The first-order valence-electron chi connectivity index (χ1n) is 13.3. The standard InChI is InChI=1S/C33H31ClN2O4/c34-28-15-11-26(12-16-28)22-36(32(37)18-14-24-7-3-1-4-8-24)29(19-25-9-5-2-6-10-25)33(38)35-21-27-13-17-30-31(20-27)40-23-39-30/h1-13,15-17,20,29H,14,18-19,21-23H2,(H,35,38). The number of carbonyl (C=O) groups is 2. The number of benzene rings is 4. The highest BCUT2D eigenvalue weighted by molar-refractivity contribution is 6.30. The Balaban J connectivity index is 1.39. The van der Waals surface area contributed by atoms with Crippen molar-refractivity contribution in [2.24, 2.45) is 0 Å². The number of nitrogens with one attached hydrogen (secondary N) is 1. The van der Waals surface area contributed by atoms with Gasteiger partial charge in [0.05, 0.1) is 0 Å². The van der Waals surface area contributed by atoms with Crippen LogP contribution in [-0.4, -0.2) is 29.5 Å². The van der Waals surface area contributed by atoms with Crippen LogP contribution >= 0.6 is 11.6 Å². The van der Waals surface area contributed by atoms with Crippen LogP contribution in [0.3, 0.4) is 0 Å². The van der Waals surface area contributed by atoms with Crippen LogP contribution in [0.4, 0.5) is 0 Å². The van der Waals surface area contributed by atoms with Gasteiger partial charge in [-0.3, -0.25) is 9.59 Å². The molecule has 0 saturated carbocycles. The monoisotopic (exact) mass is 554 g/mol. The lowest BCUT2D eigenvalue weighted by Gasteiger charge is -2.32. The molecular weight excluding hydrogens is 524 g/mol. The lowest BCUT2D eigenvalue weighted by molar-refractivity contribution is -0.141. The lowest BCUT2D eigenvalue weighted by Crippen LogP contribution is -2.50. The van der Waals surface area contributed by atoms with E-state index in [0.717, 1.165) is 22.3 Å². The van der Waals surface area contributed by atoms with Crippen LogP contribution in [0.15, 0.2) is 103 Å². The number of amides is 2. The fourth-order valence-corrected chi connectivity index (χ4v) is 4.86. The molecule has 0 fully saturated rings. The number of halogens is 1. The van der Waals surface area contributed by atoms with Crippen molar-refractivity contribution in [3.63, 3.8) is 0 Å². The fraction of sp³-hybridized carbons (Fsp3) is 0.212. The van der Waals surface area contributed by atoms with Gasteiger partial charge >= 0.3 is 0 Å². The van der Waals surface area contributed by atoms with Gasteiger partial charge in [0.1, 0.15) is 6.04 Å². The van der Waals surface area contributed by atoms with Crippen molar-refractivity contribution < 1.29 is 19.1 Å². The maximum absolute atomic E-state index is 13.8. The SMILES string of the molecule is O=C(NCc1ccc2c(c1)OCO2)C(Cc1ccccc1)N(Cc1ccc(Cl)cc1)C(=O)CCc1ccccc1. The minimum Gasteiger partial charge on any atom is -0.454 e. The van der Waals surface area contributed by atoms with Gasteiger partial charge in [0.2, 0.25) is 18.6 Å². The molecule has 1 N–H and O–H groups in total. The minimum absolute atomic E-state index is 0.0852. The van der Waals surface area contributed by atoms with Crippen molar-refractivity contribution in [3.8, 4) is 11.5 Å². The zero-order chi connectivity index (χ0) is 27.7. The molecule has 1 aliphatic rings. The van der Waals surface area contributed by atoms with E-state index in [1.807, 2.05) is 91.0 Å². The Morgan fingerprint density at radius 2 is 1.43 bits per heavy atom. The first-order chi connectivity index (χ1) is 19.5. The summed E-state index contributed by atoms with van der Waals surface area (Å²) in [4.78, 5) is 29.4. The average Bonchev–Trinajstić information content (AvgIpc) is 3.46. The van der Waals surface area contributed by atoms with Crippen LogP contribution in [0.25, 0.3) is 0 Å². The summed E-state index contributed by atoms with van der Waals surface area (Å²) in [6.45, 7) is 0.780. The van der Waals surface area contributed by atoms with E-state index in [9.17, 15) is 9.59 Å². The molecule has 1 heterocycles. The zero-order valence-corrected chi connectivity index (χ0v) is 22.8. The average molecular weight is 555 g/mol. The maximum Gasteiger partial charge on any atom is 0.243 e. The number of carbonyl (C=O) groups excluding carboxylic acids is 2. The van der Waals surface area contributed by atoms with Crippen LogP contribution in [-0.2, 0) is 35.5 Å². The van der Waals surface area contributed by atoms with Gasteiger partial charge in [-0.15, -0.1) is 0 Å². The predicted octanol–water partition coefficient (Wildman–Crippen LogP) is 5.96. The van der Waals surface area contributed by atoms with E-state index in [-0.39, 0.29) is 18.6 Å². The third kappa shape index (κ3) is 7.21. The number of nitrogens with zero attached hydrogens (tertiary/aromatic N) is 1. The molecule has 6 nitrogen and oxygen atoms in total. The Kier molecular flexibility index (Phi) is 8.99. The normalized spacial score (nSPS) is 12.5. The molecule has 0 aliphatic carbocycles. The quantitative estimate of drug-likeness (QED) is 0.248. The van der Waals surface area contributed by atoms with Crippen LogP contribution in [0.1, 0.15) is 28.7 Å². The molecule has 1 aliphatic heterocycles. The first kappa shape index (κ1) is 27.3. The summed E-state index contributed by atoms with van der Waals surface area (Å²) in [5.41, 5.74) is 3.84. The number of hydrogen-bond acceptors (Lipinski definition) is 4. The van der Waals surface area contributed by atoms with Gasteiger partial charge in [0, 0.05) is 31.0 Å². The molecule has 0 bridgehead atoms. The molecule has 5 rings (SSSR count). The summed E-state index contributed by atoms with van der Waals surface area (Å²) in [6, 6.07) is 32.0. The van der Waals surface area contributed by atoms with Crippen molar-refractivity contribution in [2.45, 2.75) is 38.4 Å². The Morgan fingerprint density at radius 3 is 2.15 bits per heavy atom. The number of ether oxygens (including phenoxy) is 2. The predicted molar refractivity (Wildman–Crippen MR) is 155 cm³/mol. The molecule has 4 aromatic rings. The molecule has 2 amide bonds. The topological polar surface area (TPSA) is 67.9 Å². The van der Waals surface area contributed by atoms with Gasteiger partial charge in [0.25, 0.3) is 0 Å². The van der Waals surface area contributed by atoms with E-state index >= 15 is 0 Å². The van der Waals surface area contributed by atoms with Gasteiger partial charge in [0.15, 0.2) is 11.5 Å². The second-order valence-electron chi connectivity index (χ2n) is 9.74. The summed E-state index contributed by atoms with van der Waals surface area (Å²) in [6.07, 6.45) is 1.27. The minimum atomic E-state index is -0.713. The van der Waals surface area contributed by atoms with Crippen molar-refractivity contribution in [2.75, 3.05) is 6.79 Å². The van der Waals surface area contributed by atoms with E-state index in [0.29, 0.717) is 48.9 Å². The number of rotatable bonds is 11. The number of hydrogen-bond donors (Lipinski definition) is 1. The largest absolute Gasteiger partial charge is 0.454 e. The first-order valence-corrected chi connectivity index (χ1v) is 13.7. The van der Waals surface area contributed by atoms with E-state index in [4.69, 9.17) is 21.1 Å². The molecule has 204 valence electrons. The Hall–Kier alpha value is -4.29. The molecule has 0 radical (unpaired) electrons. The molecule has 0 saturated heterocycles. The summed E-state index contributed by atoms with van der Waals surface area (Å²) < 4.78 is 10.9. The highest BCUT2D eigenvalue weighted by Gasteiger charge is 2.30. The third-order valence-electron chi connectivity index (χ3n) is 6.91. The van der Waals surface area contributed by atoms with Gasteiger partial charge in [-0.25, -0.2) is 0 Å². The van der Waals surface area contributed by atoms with Crippen LogP contribution in [0.2, 0.25) is 5.02 Å². The molecule has 0 aromatic heterocycles. The van der Waals surface area contributed by atoms with Crippen molar-refractivity contribution in [3.05, 3.63) is 130 Å². The summed E-state index contributed by atoms with van der Waals surface area (Å²) >= 11 is 6.12. The zero-order valence-electron chi connectivity index (χ0n) is 22.1. The van der Waals surface area contributed by atoms with E-state index < -0.39 is 6.04 Å². The van der Waals surface area contributed by atoms with Crippen molar-refractivity contribution in [1.82, 2.24) is 10.2 Å². The van der Waals surface area contributed by atoms with Gasteiger partial charge in [-0.2, -0.15) is 0 Å². The molecule has 1 unspecified atom stereocenters. The van der Waals surface area contributed by atoms with E-state index in [1.165, 1.54) is 0 Å². The molecule has 1 atom stereocenters. The smallest absolute Gasteiger partial charge is 0.243 e. The summed E-state index contributed by atoms with van der Waals surface area (Å²) in [7, 11) is 0. The lowest BCUT2D eigenvalue weighted by atomic mass is 10.0. The molecule has 4 aromatic carbocycles. The van der Waals surface area contributed by atoms with Crippen molar-refractivity contribution >= 4 is 23.4 Å². The summed E-state index contributed by atoms with van der Waals surface area (Å²) in [5, 5.41) is 3.68. The Bertz CT molecular complexity index is 1430. The second-order valence-corrected chi connectivity index (χ2v) is 10.2. The highest BCUT2D eigenvalue weighted by atomic mass is 35.5. The molecular formula is C33H31ClN2O4. The molecule has 0 spiro atoms. The van der Waals surface area contributed by atoms with Crippen molar-refractivity contribution in [1.29, 1.82) is 0 Å². The number of aryl methyl sites for hydroxylation is 1. The van der Waals surface area contributed by atoms with Gasteiger partial charge in [-0.05, 0) is 52.9 Å². The Morgan fingerprint density at radius 1 is 0.775 bits per heavy atom. The van der Waals surface area contributed by atoms with Crippen LogP contribution < -0.4 is 14.8 Å². The second kappa shape index (κ2) is 13.2. The third-order valence-corrected chi connectivity index (χ3v) is 7.16. The Labute approximate surface area is 239 Å². The molecule has 40 heavy (non-hydrogen) atoms. The fourth-order valence-electron chi connectivity index (χ4n) is 4.74. The van der Waals surface area contributed by atoms with E-state index in [2.05, 4.69) is 5.32 Å².